The molecule has 2 aromatic rings. The molecule has 0 spiro atoms. The van der Waals surface area contributed by atoms with Crippen molar-refractivity contribution in [2.24, 2.45) is 0 Å². The molecule has 126 valence electrons. The molecule has 0 saturated carbocycles. The van der Waals surface area contributed by atoms with Crippen molar-refractivity contribution >= 4 is 50.8 Å². The summed E-state index contributed by atoms with van der Waals surface area (Å²) in [5.41, 5.74) is 1.18. The molecule has 2 amide bonds. The van der Waals surface area contributed by atoms with Crippen molar-refractivity contribution in [3.8, 4) is 0 Å². The van der Waals surface area contributed by atoms with E-state index in [1.54, 1.807) is 46.6 Å². The van der Waals surface area contributed by atoms with Crippen molar-refractivity contribution in [2.45, 2.75) is 13.8 Å². The lowest BCUT2D eigenvalue weighted by Crippen LogP contribution is -2.30. The molecule has 0 bridgehead atoms. The van der Waals surface area contributed by atoms with Crippen LogP contribution in [0, 0.1) is 0 Å². The standard InChI is InChI=1S/C18H19BrN2O2S/c1-3-21(4-2)18(23)13-6-5-7-14(12-13)20-17(22)11-9-15-8-10-16(19)24-15/h5-12H,3-4H2,1-2H3,(H,20,22)/b11-9+. The number of rotatable bonds is 6. The number of thiophene rings is 1. The lowest BCUT2D eigenvalue weighted by atomic mass is 10.1. The first-order valence-electron chi connectivity index (χ1n) is 7.67. The fraction of sp³-hybridized carbons (Fsp3) is 0.222. The van der Waals surface area contributed by atoms with Gasteiger partial charge in [-0.25, -0.2) is 0 Å². The van der Waals surface area contributed by atoms with Crippen LogP contribution in [-0.2, 0) is 4.79 Å². The lowest BCUT2D eigenvalue weighted by molar-refractivity contribution is -0.111. The summed E-state index contributed by atoms with van der Waals surface area (Å²) >= 11 is 4.94. The third kappa shape index (κ3) is 5.04. The second-order valence-electron chi connectivity index (χ2n) is 5.02. The molecule has 0 atom stereocenters. The number of benzene rings is 1. The van der Waals surface area contributed by atoms with Gasteiger partial charge in [0.2, 0.25) is 5.91 Å². The number of hydrogen-bond donors (Lipinski definition) is 1. The van der Waals surface area contributed by atoms with Crippen LogP contribution in [0.25, 0.3) is 6.08 Å². The third-order valence-corrected chi connectivity index (χ3v) is 5.01. The number of halogens is 1. The zero-order valence-corrected chi connectivity index (χ0v) is 16.0. The maximum atomic E-state index is 12.4. The van der Waals surface area contributed by atoms with E-state index >= 15 is 0 Å². The summed E-state index contributed by atoms with van der Waals surface area (Å²) in [5, 5.41) is 2.79. The molecule has 1 N–H and O–H groups in total. The van der Waals surface area contributed by atoms with Gasteiger partial charge in [0, 0.05) is 35.3 Å². The van der Waals surface area contributed by atoms with Crippen LogP contribution in [0.3, 0.4) is 0 Å². The van der Waals surface area contributed by atoms with Crippen molar-refractivity contribution in [1.29, 1.82) is 0 Å². The minimum absolute atomic E-state index is 0.0323. The lowest BCUT2D eigenvalue weighted by Gasteiger charge is -2.18. The van der Waals surface area contributed by atoms with Crippen LogP contribution >= 0.6 is 27.3 Å². The van der Waals surface area contributed by atoms with E-state index in [-0.39, 0.29) is 11.8 Å². The molecule has 1 heterocycles. The quantitative estimate of drug-likeness (QED) is 0.709. The van der Waals surface area contributed by atoms with Gasteiger partial charge in [-0.3, -0.25) is 9.59 Å². The Kier molecular flexibility index (Phi) is 6.75. The molecule has 0 unspecified atom stereocenters. The Morgan fingerprint density at radius 1 is 1.21 bits per heavy atom. The van der Waals surface area contributed by atoms with Crippen LogP contribution in [-0.4, -0.2) is 29.8 Å². The number of carbonyl (C=O) groups is 2. The molecule has 4 nitrogen and oxygen atoms in total. The van der Waals surface area contributed by atoms with Crippen LogP contribution in [0.2, 0.25) is 0 Å². The van der Waals surface area contributed by atoms with E-state index < -0.39 is 0 Å². The van der Waals surface area contributed by atoms with Gasteiger partial charge in [0.25, 0.3) is 5.91 Å². The predicted molar refractivity (Wildman–Crippen MR) is 103 cm³/mol. The van der Waals surface area contributed by atoms with Gasteiger partial charge in [-0.2, -0.15) is 0 Å². The number of nitrogens with zero attached hydrogens (tertiary/aromatic N) is 1. The van der Waals surface area contributed by atoms with Gasteiger partial charge >= 0.3 is 0 Å². The van der Waals surface area contributed by atoms with E-state index in [0.717, 1.165) is 8.66 Å². The summed E-state index contributed by atoms with van der Waals surface area (Å²) in [5.74, 6) is -0.262. The van der Waals surface area contributed by atoms with Gasteiger partial charge in [-0.05, 0) is 66.2 Å². The van der Waals surface area contributed by atoms with Crippen LogP contribution < -0.4 is 5.32 Å². The minimum Gasteiger partial charge on any atom is -0.339 e. The second-order valence-corrected chi connectivity index (χ2v) is 7.52. The number of anilines is 1. The molecule has 2 rings (SSSR count). The normalized spacial score (nSPS) is 10.8. The van der Waals surface area contributed by atoms with Gasteiger partial charge in [-0.1, -0.05) is 6.07 Å². The Hall–Kier alpha value is -1.92. The van der Waals surface area contributed by atoms with Crippen molar-refractivity contribution in [2.75, 3.05) is 18.4 Å². The number of amides is 2. The van der Waals surface area contributed by atoms with E-state index in [1.807, 2.05) is 26.0 Å². The third-order valence-electron chi connectivity index (χ3n) is 3.42. The van der Waals surface area contributed by atoms with E-state index in [1.165, 1.54) is 6.08 Å². The Morgan fingerprint density at radius 2 is 1.96 bits per heavy atom. The molecule has 0 saturated heterocycles. The van der Waals surface area contributed by atoms with Gasteiger partial charge < -0.3 is 10.2 Å². The summed E-state index contributed by atoms with van der Waals surface area (Å²) in [6.07, 6.45) is 3.24. The van der Waals surface area contributed by atoms with Gasteiger partial charge in [0.15, 0.2) is 0 Å². The molecule has 0 aliphatic carbocycles. The molecule has 1 aromatic carbocycles. The molecule has 0 fully saturated rings. The van der Waals surface area contributed by atoms with Crippen LogP contribution in [0.1, 0.15) is 29.1 Å². The Morgan fingerprint density at radius 3 is 2.58 bits per heavy atom. The van der Waals surface area contributed by atoms with Gasteiger partial charge in [0.05, 0.1) is 3.79 Å². The molecule has 24 heavy (non-hydrogen) atoms. The maximum Gasteiger partial charge on any atom is 0.253 e. The first-order chi connectivity index (χ1) is 11.5. The largest absolute Gasteiger partial charge is 0.339 e. The molecule has 0 radical (unpaired) electrons. The molecular formula is C18H19BrN2O2S. The topological polar surface area (TPSA) is 49.4 Å². The molecular weight excluding hydrogens is 388 g/mol. The average molecular weight is 407 g/mol. The number of nitrogens with one attached hydrogen (secondary N) is 1. The van der Waals surface area contributed by atoms with Gasteiger partial charge in [-0.15, -0.1) is 11.3 Å². The molecule has 1 aromatic heterocycles. The summed E-state index contributed by atoms with van der Waals surface area (Å²) in [4.78, 5) is 27.1. The summed E-state index contributed by atoms with van der Waals surface area (Å²) in [6, 6.07) is 10.9. The monoisotopic (exact) mass is 406 g/mol. The first kappa shape index (κ1) is 18.4. The van der Waals surface area contributed by atoms with Crippen molar-refractivity contribution in [1.82, 2.24) is 4.90 Å². The van der Waals surface area contributed by atoms with Crippen LogP contribution in [0.5, 0.6) is 0 Å². The first-order valence-corrected chi connectivity index (χ1v) is 9.28. The molecule has 0 aliphatic heterocycles. The smallest absolute Gasteiger partial charge is 0.253 e. The van der Waals surface area contributed by atoms with Crippen LogP contribution in [0.4, 0.5) is 5.69 Å². The molecule has 0 aliphatic rings. The second kappa shape index (κ2) is 8.80. The zero-order valence-electron chi connectivity index (χ0n) is 13.6. The Labute approximate surface area is 154 Å². The predicted octanol–water partition coefficient (Wildman–Crippen LogP) is 4.64. The highest BCUT2D eigenvalue weighted by Gasteiger charge is 2.12. The highest BCUT2D eigenvalue weighted by atomic mass is 79.9. The Balaban J connectivity index is 2.04. The SMILES string of the molecule is CCN(CC)C(=O)c1cccc(NC(=O)/C=C/c2ccc(Br)s2)c1. The summed E-state index contributed by atoms with van der Waals surface area (Å²) in [6.45, 7) is 5.21. The average Bonchev–Trinajstić information content (AvgIpc) is 3.00. The van der Waals surface area contributed by atoms with Crippen molar-refractivity contribution < 1.29 is 9.59 Å². The highest BCUT2D eigenvalue weighted by Crippen LogP contribution is 2.23. The van der Waals surface area contributed by atoms with E-state index in [9.17, 15) is 9.59 Å². The fourth-order valence-corrected chi connectivity index (χ4v) is 3.51. The minimum atomic E-state index is -0.230. The van der Waals surface area contributed by atoms with Crippen LogP contribution in [0.15, 0.2) is 46.3 Å². The highest BCUT2D eigenvalue weighted by molar-refractivity contribution is 9.11. The summed E-state index contributed by atoms with van der Waals surface area (Å²) < 4.78 is 1.02. The van der Waals surface area contributed by atoms with Gasteiger partial charge in [0.1, 0.15) is 0 Å². The number of carbonyl (C=O) groups excluding carboxylic acids is 2. The Bertz CT molecular complexity index is 751. The maximum absolute atomic E-state index is 12.4. The zero-order chi connectivity index (χ0) is 17.5. The van der Waals surface area contributed by atoms with E-state index in [0.29, 0.717) is 24.3 Å². The summed E-state index contributed by atoms with van der Waals surface area (Å²) in [7, 11) is 0. The molecule has 6 heteroatoms. The van der Waals surface area contributed by atoms with E-state index in [2.05, 4.69) is 21.2 Å². The van der Waals surface area contributed by atoms with Crippen molar-refractivity contribution in [3.05, 3.63) is 56.7 Å². The number of hydrogen-bond acceptors (Lipinski definition) is 3. The van der Waals surface area contributed by atoms with Crippen molar-refractivity contribution in [3.63, 3.8) is 0 Å². The fourth-order valence-electron chi connectivity index (χ4n) is 2.18. The van der Waals surface area contributed by atoms with E-state index in [4.69, 9.17) is 0 Å².